The van der Waals surface area contributed by atoms with Crippen LogP contribution in [0.4, 0.5) is 0 Å². The number of carbonyl (C=O) groups is 2. The van der Waals surface area contributed by atoms with Gasteiger partial charge in [-0.05, 0) is 13.0 Å². The summed E-state index contributed by atoms with van der Waals surface area (Å²) in [5.41, 5.74) is 0. The number of likely N-dealkylation sites (N-methyl/N-ethyl adjacent to an activating group) is 1. The maximum atomic E-state index is 11.9. The molecule has 2 unspecified atom stereocenters. The highest BCUT2D eigenvalue weighted by Gasteiger charge is 2.25. The van der Waals surface area contributed by atoms with Gasteiger partial charge < -0.3 is 20.2 Å². The van der Waals surface area contributed by atoms with Crippen LogP contribution in [-0.4, -0.2) is 72.6 Å². The van der Waals surface area contributed by atoms with E-state index in [1.54, 1.807) is 0 Å². The van der Waals surface area contributed by atoms with E-state index < -0.39 is 12.0 Å². The quantitative estimate of drug-likeness (QED) is 0.701. The fourth-order valence-corrected chi connectivity index (χ4v) is 2.26. The van der Waals surface area contributed by atoms with Gasteiger partial charge >= 0.3 is 5.97 Å². The van der Waals surface area contributed by atoms with Crippen LogP contribution in [-0.2, 0) is 9.59 Å². The lowest BCUT2D eigenvalue weighted by Crippen LogP contribution is -2.48. The highest BCUT2D eigenvalue weighted by atomic mass is 16.4. The summed E-state index contributed by atoms with van der Waals surface area (Å²) in [6, 6.07) is -0.778. The van der Waals surface area contributed by atoms with Gasteiger partial charge in [-0.1, -0.05) is 20.3 Å². The molecule has 1 aliphatic heterocycles. The molecule has 6 nitrogen and oxygen atoms in total. The van der Waals surface area contributed by atoms with Crippen molar-refractivity contribution in [3.8, 4) is 0 Å². The minimum absolute atomic E-state index is 0.0555. The number of hydrogen-bond donors (Lipinski definition) is 2. The summed E-state index contributed by atoms with van der Waals surface area (Å²) in [5.74, 6) is -1.18. The summed E-state index contributed by atoms with van der Waals surface area (Å²) >= 11 is 0. The molecule has 1 amide bonds. The lowest BCUT2D eigenvalue weighted by Gasteiger charge is -2.32. The van der Waals surface area contributed by atoms with Crippen LogP contribution < -0.4 is 5.32 Å². The van der Waals surface area contributed by atoms with E-state index in [-0.39, 0.29) is 11.8 Å². The second kappa shape index (κ2) is 8.21. The van der Waals surface area contributed by atoms with E-state index in [2.05, 4.69) is 22.2 Å². The van der Waals surface area contributed by atoms with Gasteiger partial charge in [0.2, 0.25) is 5.91 Å². The van der Waals surface area contributed by atoms with Crippen molar-refractivity contribution in [1.29, 1.82) is 0 Å². The molecule has 0 saturated carbocycles. The topological polar surface area (TPSA) is 72.9 Å². The Labute approximate surface area is 121 Å². The number of amides is 1. The third-order valence-electron chi connectivity index (χ3n) is 4.05. The largest absolute Gasteiger partial charge is 0.480 e. The molecule has 1 aliphatic rings. The molecule has 0 radical (unpaired) electrons. The van der Waals surface area contributed by atoms with E-state index in [1.165, 1.54) is 0 Å². The molecular formula is C14H27N3O3. The predicted octanol–water partition coefficient (Wildman–Crippen LogP) is 0.239. The summed E-state index contributed by atoms with van der Waals surface area (Å²) < 4.78 is 0. The van der Waals surface area contributed by atoms with Crippen LogP contribution in [0.25, 0.3) is 0 Å². The van der Waals surface area contributed by atoms with Crippen LogP contribution in [0, 0.1) is 5.92 Å². The molecule has 2 atom stereocenters. The van der Waals surface area contributed by atoms with E-state index in [9.17, 15) is 9.59 Å². The number of aliphatic carboxylic acids is 1. The number of hydrogen-bond acceptors (Lipinski definition) is 4. The van der Waals surface area contributed by atoms with Gasteiger partial charge in [0.1, 0.15) is 6.04 Å². The Kier molecular flexibility index (Phi) is 6.95. The first kappa shape index (κ1) is 16.9. The fraction of sp³-hybridized carbons (Fsp3) is 0.857. The number of rotatable bonds is 7. The van der Waals surface area contributed by atoms with E-state index >= 15 is 0 Å². The number of carboxylic acid groups (broad SMARTS) is 1. The minimum atomic E-state index is -0.952. The standard InChI is InChI=1S/C14H27N3O3/c1-4-11(2)13(14(19)20)15-12(18)5-6-17-9-7-16(3)8-10-17/h11,13H,4-10H2,1-3H3,(H,15,18)(H,19,20). The molecule has 0 aromatic heterocycles. The van der Waals surface area contributed by atoms with Crippen molar-refractivity contribution in [3.63, 3.8) is 0 Å². The molecular weight excluding hydrogens is 258 g/mol. The van der Waals surface area contributed by atoms with Crippen LogP contribution in [0.15, 0.2) is 0 Å². The molecule has 1 rings (SSSR count). The molecule has 6 heteroatoms. The Bertz CT molecular complexity index is 328. The van der Waals surface area contributed by atoms with Gasteiger partial charge in [-0.25, -0.2) is 4.79 Å². The monoisotopic (exact) mass is 285 g/mol. The van der Waals surface area contributed by atoms with Crippen LogP contribution in [0.1, 0.15) is 26.7 Å². The summed E-state index contributed by atoms with van der Waals surface area (Å²) in [7, 11) is 2.09. The molecule has 0 aliphatic carbocycles. The third-order valence-corrected chi connectivity index (χ3v) is 4.05. The van der Waals surface area contributed by atoms with Gasteiger partial charge in [-0.15, -0.1) is 0 Å². The maximum Gasteiger partial charge on any atom is 0.326 e. The second-order valence-electron chi connectivity index (χ2n) is 5.66. The third kappa shape index (κ3) is 5.46. The molecule has 20 heavy (non-hydrogen) atoms. The van der Waals surface area contributed by atoms with E-state index in [0.29, 0.717) is 13.0 Å². The van der Waals surface area contributed by atoms with Crippen LogP contribution in [0.2, 0.25) is 0 Å². The maximum absolute atomic E-state index is 11.9. The average molecular weight is 285 g/mol. The van der Waals surface area contributed by atoms with Gasteiger partial charge in [-0.3, -0.25) is 4.79 Å². The Morgan fingerprint density at radius 2 is 1.85 bits per heavy atom. The van der Waals surface area contributed by atoms with Crippen molar-refractivity contribution >= 4 is 11.9 Å². The van der Waals surface area contributed by atoms with E-state index in [0.717, 1.165) is 32.6 Å². The first-order chi connectivity index (χ1) is 9.43. The number of carbonyl (C=O) groups excluding carboxylic acids is 1. The number of piperazine rings is 1. The molecule has 116 valence electrons. The summed E-state index contributed by atoms with van der Waals surface area (Å²) in [5, 5.41) is 11.8. The highest BCUT2D eigenvalue weighted by Crippen LogP contribution is 2.08. The number of nitrogens with one attached hydrogen (secondary N) is 1. The van der Waals surface area contributed by atoms with Crippen LogP contribution in [0.3, 0.4) is 0 Å². The van der Waals surface area contributed by atoms with Gasteiger partial charge in [-0.2, -0.15) is 0 Å². The van der Waals surface area contributed by atoms with Gasteiger partial charge in [0.15, 0.2) is 0 Å². The summed E-state index contributed by atoms with van der Waals surface area (Å²) in [6.07, 6.45) is 1.10. The molecule has 0 bridgehead atoms. The Balaban J connectivity index is 2.33. The second-order valence-corrected chi connectivity index (χ2v) is 5.66. The smallest absolute Gasteiger partial charge is 0.326 e. The molecule has 2 N–H and O–H groups in total. The Morgan fingerprint density at radius 3 is 2.35 bits per heavy atom. The molecule has 1 heterocycles. The lowest BCUT2D eigenvalue weighted by molar-refractivity contribution is -0.143. The van der Waals surface area contributed by atoms with E-state index in [4.69, 9.17) is 5.11 Å². The summed E-state index contributed by atoms with van der Waals surface area (Å²) in [4.78, 5) is 27.5. The zero-order chi connectivity index (χ0) is 15.1. The van der Waals surface area contributed by atoms with Crippen LogP contribution >= 0.6 is 0 Å². The van der Waals surface area contributed by atoms with E-state index in [1.807, 2.05) is 13.8 Å². The molecule has 1 fully saturated rings. The zero-order valence-corrected chi connectivity index (χ0v) is 12.8. The van der Waals surface area contributed by atoms with Gasteiger partial charge in [0.05, 0.1) is 0 Å². The first-order valence-electron chi connectivity index (χ1n) is 7.37. The van der Waals surface area contributed by atoms with Gasteiger partial charge in [0, 0.05) is 39.1 Å². The highest BCUT2D eigenvalue weighted by molar-refractivity contribution is 5.83. The van der Waals surface area contributed by atoms with Crippen molar-refractivity contribution in [3.05, 3.63) is 0 Å². The van der Waals surface area contributed by atoms with Crippen molar-refractivity contribution in [2.24, 2.45) is 5.92 Å². The lowest BCUT2D eigenvalue weighted by atomic mass is 9.99. The fourth-order valence-electron chi connectivity index (χ4n) is 2.26. The normalized spacial score (nSPS) is 20.4. The average Bonchev–Trinajstić information content (AvgIpc) is 2.43. The first-order valence-corrected chi connectivity index (χ1v) is 7.37. The SMILES string of the molecule is CCC(C)C(NC(=O)CCN1CCN(C)CC1)C(=O)O. The zero-order valence-electron chi connectivity index (χ0n) is 12.8. The number of carboxylic acids is 1. The minimum Gasteiger partial charge on any atom is -0.480 e. The predicted molar refractivity (Wildman–Crippen MR) is 77.6 cm³/mol. The molecule has 0 aromatic carbocycles. The summed E-state index contributed by atoms with van der Waals surface area (Å²) in [6.45, 7) is 8.45. The van der Waals surface area contributed by atoms with Crippen molar-refractivity contribution < 1.29 is 14.7 Å². The number of nitrogens with zero attached hydrogens (tertiary/aromatic N) is 2. The van der Waals surface area contributed by atoms with Gasteiger partial charge in [0.25, 0.3) is 0 Å². The van der Waals surface area contributed by atoms with Crippen molar-refractivity contribution in [2.45, 2.75) is 32.7 Å². The Morgan fingerprint density at radius 1 is 1.25 bits per heavy atom. The Hall–Kier alpha value is -1.14. The molecule has 1 saturated heterocycles. The molecule has 0 spiro atoms. The van der Waals surface area contributed by atoms with Crippen molar-refractivity contribution in [1.82, 2.24) is 15.1 Å². The molecule has 0 aromatic rings. The van der Waals surface area contributed by atoms with Crippen LogP contribution in [0.5, 0.6) is 0 Å². The van der Waals surface area contributed by atoms with Crippen molar-refractivity contribution in [2.75, 3.05) is 39.8 Å².